The topological polar surface area (TPSA) is 9.23 Å². The quantitative estimate of drug-likeness (QED) is 0.518. The van der Waals surface area contributed by atoms with Crippen LogP contribution in [0.5, 0.6) is 0 Å². The van der Waals surface area contributed by atoms with Gasteiger partial charge in [-0.2, -0.15) is 0 Å². The Morgan fingerprint density at radius 2 is 1.40 bits per heavy atom. The van der Waals surface area contributed by atoms with Crippen LogP contribution in [0.1, 0.15) is 71.6 Å². The minimum Gasteiger partial charge on any atom is -0.381 e. The van der Waals surface area contributed by atoms with Crippen LogP contribution in [0.15, 0.2) is 0 Å². The molecule has 0 aliphatic carbocycles. The third-order valence-electron chi connectivity index (χ3n) is 2.75. The molecule has 92 valence electrons. The number of hydrogen-bond donors (Lipinski definition) is 0. The van der Waals surface area contributed by atoms with E-state index < -0.39 is 0 Å². The van der Waals surface area contributed by atoms with Gasteiger partial charge in [0, 0.05) is 18.7 Å². The van der Waals surface area contributed by atoms with Crippen LogP contribution >= 0.6 is 0 Å². The van der Waals surface area contributed by atoms with Crippen molar-refractivity contribution in [1.29, 1.82) is 0 Å². The molecule has 0 aromatic heterocycles. The molecule has 0 spiro atoms. The molecule has 0 radical (unpaired) electrons. The maximum Gasteiger partial charge on any atom is 0.0494 e. The normalized spacial score (nSPS) is 18.7. The van der Waals surface area contributed by atoms with Crippen molar-refractivity contribution < 1.29 is 10.2 Å². The summed E-state index contributed by atoms with van der Waals surface area (Å²) in [4.78, 5) is 0. The molecule has 2 atom stereocenters. The van der Waals surface area contributed by atoms with Gasteiger partial charge in [-0.05, 0) is 24.7 Å². The average Bonchev–Trinajstić information content (AvgIpc) is 2.42. The van der Waals surface area contributed by atoms with Gasteiger partial charge in [0.1, 0.15) is 0 Å². The monoisotopic (exact) mass is 218 g/mol. The van der Waals surface area contributed by atoms with Gasteiger partial charge >= 0.3 is 0 Å². The average molecular weight is 218 g/mol. The summed E-state index contributed by atoms with van der Waals surface area (Å²) in [5, 5.41) is 0. The first-order valence-corrected chi connectivity index (χ1v) is 6.03. The van der Waals surface area contributed by atoms with Crippen LogP contribution in [0.2, 0.25) is 0 Å². The maximum atomic E-state index is 7.30. The van der Waals surface area contributed by atoms with Crippen LogP contribution in [0.4, 0.5) is 0 Å². The summed E-state index contributed by atoms with van der Waals surface area (Å²) in [7, 11) is 0. The highest BCUT2D eigenvalue weighted by molar-refractivity contribution is 4.58. The fraction of sp³-hybridized carbons (Fsp3) is 1.00. The molecule has 0 aliphatic heterocycles. The second kappa shape index (κ2) is 10.5. The van der Waals surface area contributed by atoms with E-state index in [1.54, 1.807) is 0 Å². The van der Waals surface area contributed by atoms with Gasteiger partial charge in [0.15, 0.2) is 0 Å². The molecule has 0 aromatic carbocycles. The largest absolute Gasteiger partial charge is 0.381 e. The van der Waals surface area contributed by atoms with Crippen LogP contribution in [-0.2, 0) is 4.74 Å². The molecule has 0 heterocycles. The minimum absolute atomic E-state index is 0.413. The van der Waals surface area contributed by atoms with Crippen molar-refractivity contribution in [2.45, 2.75) is 66.1 Å². The summed E-state index contributed by atoms with van der Waals surface area (Å²) in [6.45, 7) is 3.16. The van der Waals surface area contributed by atoms with Gasteiger partial charge < -0.3 is 4.74 Å². The summed E-state index contributed by atoms with van der Waals surface area (Å²) < 4.78 is 34.7. The molecule has 0 aliphatic rings. The number of rotatable bonds is 10. The minimum atomic E-state index is 0.413. The molecule has 0 bridgehead atoms. The van der Waals surface area contributed by atoms with Crippen LogP contribution in [0.3, 0.4) is 0 Å². The lowest BCUT2D eigenvalue weighted by atomic mass is 10.0. The van der Waals surface area contributed by atoms with Crippen molar-refractivity contribution in [3.05, 3.63) is 0 Å². The Morgan fingerprint density at radius 1 is 0.867 bits per heavy atom. The zero-order chi connectivity index (χ0) is 14.3. The van der Waals surface area contributed by atoms with E-state index in [1.165, 1.54) is 0 Å². The van der Waals surface area contributed by atoms with Crippen LogP contribution in [0.25, 0.3) is 0 Å². The molecule has 0 N–H and O–H groups in total. The van der Waals surface area contributed by atoms with E-state index >= 15 is 0 Å². The van der Waals surface area contributed by atoms with Crippen molar-refractivity contribution in [3.8, 4) is 0 Å². The zero-order valence-electron chi connectivity index (χ0n) is 14.0. The van der Waals surface area contributed by atoms with Gasteiger partial charge in [-0.25, -0.2) is 0 Å². The molecule has 1 nitrogen and oxygen atoms in total. The van der Waals surface area contributed by atoms with Gasteiger partial charge in [-0.1, -0.05) is 53.3 Å². The van der Waals surface area contributed by atoms with Crippen molar-refractivity contribution in [1.82, 2.24) is 0 Å². The SMILES string of the molecule is [2H]CCCC(CC[2H])COCC(CC[2H])CCC[2H]. The molecule has 0 aromatic rings. The lowest BCUT2D eigenvalue weighted by Gasteiger charge is -2.18. The fourth-order valence-corrected chi connectivity index (χ4v) is 1.60. The first-order valence-electron chi connectivity index (χ1n) is 8.86. The number of ether oxygens (including phenoxy) is 1. The van der Waals surface area contributed by atoms with Crippen molar-refractivity contribution in [2.75, 3.05) is 13.2 Å². The second-order valence-corrected chi connectivity index (χ2v) is 4.13. The first kappa shape index (κ1) is 9.04. The standard InChI is InChI=1S/C14H30O/c1-5-9-13(7-3)11-15-12-14(8-4)10-6-2/h13-14H,5-12H2,1-4H3/i1D,2D,3D,4D. The first-order chi connectivity index (χ1) is 9.28. The smallest absolute Gasteiger partial charge is 0.0494 e. The van der Waals surface area contributed by atoms with E-state index in [4.69, 9.17) is 10.2 Å². The fourth-order valence-electron chi connectivity index (χ4n) is 1.60. The summed E-state index contributed by atoms with van der Waals surface area (Å²) >= 11 is 0. The third kappa shape index (κ3) is 7.84. The summed E-state index contributed by atoms with van der Waals surface area (Å²) in [6.07, 6.45) is 5.47. The highest BCUT2D eigenvalue weighted by Crippen LogP contribution is 2.14. The van der Waals surface area contributed by atoms with Crippen molar-refractivity contribution in [3.63, 3.8) is 0 Å². The van der Waals surface area contributed by atoms with Gasteiger partial charge in [0.2, 0.25) is 0 Å². The summed E-state index contributed by atoms with van der Waals surface area (Å²) in [6, 6.07) is 0. The maximum absolute atomic E-state index is 7.30. The van der Waals surface area contributed by atoms with Crippen LogP contribution in [-0.4, -0.2) is 13.2 Å². The van der Waals surface area contributed by atoms with E-state index in [0.717, 1.165) is 38.5 Å². The molecule has 1 heteroatoms. The number of hydrogen-bond acceptors (Lipinski definition) is 1. The Morgan fingerprint density at radius 3 is 1.80 bits per heavy atom. The molecule has 2 unspecified atom stereocenters. The van der Waals surface area contributed by atoms with E-state index in [1.807, 2.05) is 0 Å². The van der Waals surface area contributed by atoms with Gasteiger partial charge in [0.05, 0.1) is 0 Å². The van der Waals surface area contributed by atoms with E-state index in [2.05, 4.69) is 0 Å². The van der Waals surface area contributed by atoms with E-state index in [0.29, 0.717) is 52.6 Å². The third-order valence-corrected chi connectivity index (χ3v) is 2.75. The molecular formula is C14H30O. The van der Waals surface area contributed by atoms with E-state index in [9.17, 15) is 0 Å². The summed E-state index contributed by atoms with van der Waals surface area (Å²) in [5.41, 5.74) is 0. The summed E-state index contributed by atoms with van der Waals surface area (Å²) in [5.74, 6) is 0.825. The Labute approximate surface area is 102 Å². The van der Waals surface area contributed by atoms with Crippen LogP contribution in [0, 0.1) is 11.8 Å². The molecule has 0 fully saturated rings. The van der Waals surface area contributed by atoms with Gasteiger partial charge in [0.25, 0.3) is 0 Å². The second-order valence-electron chi connectivity index (χ2n) is 4.13. The Kier molecular flexibility index (Phi) is 6.31. The Hall–Kier alpha value is -0.0400. The molecule has 15 heavy (non-hydrogen) atoms. The van der Waals surface area contributed by atoms with Crippen molar-refractivity contribution >= 4 is 0 Å². The zero-order valence-corrected chi connectivity index (χ0v) is 10.0. The van der Waals surface area contributed by atoms with E-state index in [-0.39, 0.29) is 0 Å². The predicted octanol–water partition coefficient (Wildman–Crippen LogP) is 4.66. The van der Waals surface area contributed by atoms with Crippen molar-refractivity contribution in [2.24, 2.45) is 11.8 Å². The van der Waals surface area contributed by atoms with Gasteiger partial charge in [-0.3, -0.25) is 0 Å². The van der Waals surface area contributed by atoms with Gasteiger partial charge in [-0.15, -0.1) is 0 Å². The molecular weight excluding hydrogens is 184 g/mol. The molecule has 0 rings (SSSR count). The Balaban J connectivity index is 3.83. The van der Waals surface area contributed by atoms with Crippen LogP contribution < -0.4 is 0 Å². The molecule has 0 saturated heterocycles. The Bertz CT molecular complexity index is 163. The molecule has 0 amide bonds. The highest BCUT2D eigenvalue weighted by atomic mass is 16.5. The molecule has 0 saturated carbocycles. The lowest BCUT2D eigenvalue weighted by Crippen LogP contribution is -2.14. The highest BCUT2D eigenvalue weighted by Gasteiger charge is 2.08. The predicted molar refractivity (Wildman–Crippen MR) is 68.2 cm³/mol. The lowest BCUT2D eigenvalue weighted by molar-refractivity contribution is 0.0638.